The van der Waals surface area contributed by atoms with E-state index in [1.165, 1.54) is 33.5 Å². The van der Waals surface area contributed by atoms with E-state index in [1.807, 2.05) is 0 Å². The van der Waals surface area contributed by atoms with Crippen LogP contribution in [-0.2, 0) is 25.9 Å². The van der Waals surface area contributed by atoms with E-state index in [1.54, 1.807) is 14.2 Å². The quantitative estimate of drug-likeness (QED) is 0.565. The van der Waals surface area contributed by atoms with Crippen molar-refractivity contribution in [2.75, 3.05) is 32.3 Å². The summed E-state index contributed by atoms with van der Waals surface area (Å²) in [6, 6.07) is 19.5. The third kappa shape index (κ3) is 4.38. The van der Waals surface area contributed by atoms with Crippen molar-refractivity contribution in [2.24, 2.45) is 5.73 Å². The van der Waals surface area contributed by atoms with Crippen molar-refractivity contribution in [3.05, 3.63) is 82.4 Å². The number of anilines is 1. The number of aryl methyl sites for hydroxylation is 1. The minimum atomic E-state index is 0.485. The molecule has 1 atom stereocenters. The zero-order chi connectivity index (χ0) is 22.8. The van der Waals surface area contributed by atoms with Crippen molar-refractivity contribution < 1.29 is 14.2 Å². The van der Waals surface area contributed by atoms with Gasteiger partial charge in [-0.2, -0.15) is 0 Å². The molecule has 1 aliphatic carbocycles. The maximum atomic E-state index is 5.75. The van der Waals surface area contributed by atoms with Crippen molar-refractivity contribution in [3.8, 4) is 17.2 Å². The average molecular weight is 445 g/mol. The number of nitrogens with two attached hydrogens (primary N) is 1. The predicted molar refractivity (Wildman–Crippen MR) is 132 cm³/mol. The Balaban J connectivity index is 1.42. The molecule has 5 heteroatoms. The molecule has 0 spiro atoms. The highest BCUT2D eigenvalue weighted by molar-refractivity contribution is 5.62. The number of benzene rings is 3. The van der Waals surface area contributed by atoms with Crippen LogP contribution in [0.2, 0.25) is 0 Å². The minimum absolute atomic E-state index is 0.485. The van der Waals surface area contributed by atoms with Gasteiger partial charge in [0.1, 0.15) is 23.9 Å². The van der Waals surface area contributed by atoms with Gasteiger partial charge in [0, 0.05) is 31.4 Å². The molecule has 1 unspecified atom stereocenters. The second kappa shape index (κ2) is 9.36. The Hall–Kier alpha value is -3.18. The van der Waals surface area contributed by atoms with Crippen molar-refractivity contribution >= 4 is 5.69 Å². The van der Waals surface area contributed by atoms with Gasteiger partial charge in [0.05, 0.1) is 14.2 Å². The lowest BCUT2D eigenvalue weighted by Gasteiger charge is -2.30. The fourth-order valence-corrected chi connectivity index (χ4v) is 5.20. The van der Waals surface area contributed by atoms with E-state index in [0.29, 0.717) is 19.1 Å². The summed E-state index contributed by atoms with van der Waals surface area (Å²) >= 11 is 0. The normalized spacial score (nSPS) is 16.8. The van der Waals surface area contributed by atoms with Crippen molar-refractivity contribution in [2.45, 2.75) is 38.3 Å². The van der Waals surface area contributed by atoms with Gasteiger partial charge in [0.2, 0.25) is 0 Å². The first kappa shape index (κ1) is 21.7. The number of ether oxygens (including phenoxy) is 3. The third-order valence-corrected chi connectivity index (χ3v) is 6.95. The molecule has 172 valence electrons. The number of methoxy groups -OCH3 is 2. The fourth-order valence-electron chi connectivity index (χ4n) is 5.20. The fraction of sp³-hybridized carbons (Fsp3) is 0.357. The van der Waals surface area contributed by atoms with Gasteiger partial charge in [-0.15, -0.1) is 0 Å². The maximum absolute atomic E-state index is 5.75. The van der Waals surface area contributed by atoms with Crippen LogP contribution in [0.4, 0.5) is 5.69 Å². The van der Waals surface area contributed by atoms with Gasteiger partial charge < -0.3 is 24.8 Å². The Labute approximate surface area is 196 Å². The standard InChI is InChI=1S/C28H32N2O3/c1-31-24-7-5-19-13-21(4-3-20(19)14-24)27-10-9-25(32-2)16-28(27)30-17-22-6-8-26(33-12-11-29)15-23(22)18-30/h5-10,14-16,21H,3-4,11-13,17-18,29H2,1-2H3. The van der Waals surface area contributed by atoms with E-state index >= 15 is 0 Å². The number of fused-ring (bicyclic) bond motifs is 2. The lowest BCUT2D eigenvalue weighted by atomic mass is 9.79. The SMILES string of the molecule is COc1ccc2c(c1)CCC(c1ccc(OC)cc1N1Cc3ccc(OCCN)cc3C1)C2. The smallest absolute Gasteiger partial charge is 0.120 e. The molecule has 0 radical (unpaired) electrons. The highest BCUT2D eigenvalue weighted by atomic mass is 16.5. The highest BCUT2D eigenvalue weighted by Gasteiger charge is 2.27. The summed E-state index contributed by atoms with van der Waals surface area (Å²) in [6.45, 7) is 2.83. The Bertz CT molecular complexity index is 1140. The second-order valence-corrected chi connectivity index (χ2v) is 8.92. The zero-order valence-electron chi connectivity index (χ0n) is 19.5. The van der Waals surface area contributed by atoms with E-state index in [9.17, 15) is 0 Å². The van der Waals surface area contributed by atoms with Gasteiger partial charge in [-0.3, -0.25) is 0 Å². The van der Waals surface area contributed by atoms with E-state index < -0.39 is 0 Å². The van der Waals surface area contributed by atoms with Crippen LogP contribution < -0.4 is 24.8 Å². The second-order valence-electron chi connectivity index (χ2n) is 8.92. The summed E-state index contributed by atoms with van der Waals surface area (Å²) in [5, 5.41) is 0. The third-order valence-electron chi connectivity index (χ3n) is 6.95. The molecule has 1 heterocycles. The van der Waals surface area contributed by atoms with Crippen molar-refractivity contribution in [3.63, 3.8) is 0 Å². The number of nitrogens with zero attached hydrogens (tertiary/aromatic N) is 1. The molecule has 0 aromatic heterocycles. The van der Waals surface area contributed by atoms with Crippen LogP contribution in [-0.4, -0.2) is 27.4 Å². The molecule has 0 amide bonds. The van der Waals surface area contributed by atoms with E-state index in [0.717, 1.165) is 49.6 Å². The molecule has 0 saturated carbocycles. The highest BCUT2D eigenvalue weighted by Crippen LogP contribution is 2.42. The molecular weight excluding hydrogens is 412 g/mol. The van der Waals surface area contributed by atoms with Gasteiger partial charge in [-0.05, 0) is 83.3 Å². The molecule has 1 aliphatic heterocycles. The first-order valence-corrected chi connectivity index (χ1v) is 11.7. The monoisotopic (exact) mass is 444 g/mol. The van der Waals surface area contributed by atoms with E-state index in [2.05, 4.69) is 59.5 Å². The Morgan fingerprint density at radius 1 is 0.818 bits per heavy atom. The molecule has 0 fully saturated rings. The zero-order valence-corrected chi connectivity index (χ0v) is 19.5. The van der Waals surface area contributed by atoms with Gasteiger partial charge in [0.15, 0.2) is 0 Å². The Morgan fingerprint density at radius 3 is 2.33 bits per heavy atom. The molecule has 2 N–H and O–H groups in total. The summed E-state index contributed by atoms with van der Waals surface area (Å²) in [4.78, 5) is 2.47. The number of hydrogen-bond donors (Lipinski definition) is 1. The van der Waals surface area contributed by atoms with Gasteiger partial charge in [-0.1, -0.05) is 18.2 Å². The molecule has 0 bridgehead atoms. The Morgan fingerprint density at radius 2 is 1.52 bits per heavy atom. The van der Waals surface area contributed by atoms with E-state index in [-0.39, 0.29) is 0 Å². The van der Waals surface area contributed by atoms with Crippen LogP contribution in [0.5, 0.6) is 17.2 Å². The van der Waals surface area contributed by atoms with Crippen LogP contribution in [0, 0.1) is 0 Å². The molecule has 3 aromatic rings. The molecule has 0 saturated heterocycles. The number of rotatable bonds is 7. The molecule has 3 aromatic carbocycles. The van der Waals surface area contributed by atoms with Crippen LogP contribution in [0.15, 0.2) is 54.6 Å². The van der Waals surface area contributed by atoms with Crippen LogP contribution >= 0.6 is 0 Å². The van der Waals surface area contributed by atoms with E-state index in [4.69, 9.17) is 19.9 Å². The summed E-state index contributed by atoms with van der Waals surface area (Å²) in [5.74, 6) is 3.23. The minimum Gasteiger partial charge on any atom is -0.497 e. The van der Waals surface area contributed by atoms with Gasteiger partial charge >= 0.3 is 0 Å². The molecule has 5 rings (SSSR count). The largest absolute Gasteiger partial charge is 0.497 e. The number of hydrogen-bond acceptors (Lipinski definition) is 5. The maximum Gasteiger partial charge on any atom is 0.120 e. The van der Waals surface area contributed by atoms with Crippen LogP contribution in [0.1, 0.15) is 40.2 Å². The summed E-state index contributed by atoms with van der Waals surface area (Å²) in [7, 11) is 3.47. The van der Waals surface area contributed by atoms with Crippen LogP contribution in [0.25, 0.3) is 0 Å². The predicted octanol–water partition coefficient (Wildman–Crippen LogP) is 4.83. The molecule has 33 heavy (non-hydrogen) atoms. The molecular formula is C28H32N2O3. The van der Waals surface area contributed by atoms with Crippen molar-refractivity contribution in [1.82, 2.24) is 0 Å². The lowest BCUT2D eigenvalue weighted by molar-refractivity contribution is 0.328. The first-order valence-electron chi connectivity index (χ1n) is 11.7. The first-order chi connectivity index (χ1) is 16.2. The molecule has 2 aliphatic rings. The topological polar surface area (TPSA) is 57.0 Å². The van der Waals surface area contributed by atoms with Gasteiger partial charge in [-0.25, -0.2) is 0 Å². The molecule has 5 nitrogen and oxygen atoms in total. The summed E-state index contributed by atoms with van der Waals surface area (Å²) in [5.41, 5.74) is 13.8. The average Bonchev–Trinajstić information content (AvgIpc) is 3.29. The van der Waals surface area contributed by atoms with Crippen molar-refractivity contribution in [1.29, 1.82) is 0 Å². The van der Waals surface area contributed by atoms with Gasteiger partial charge in [0.25, 0.3) is 0 Å². The summed E-state index contributed by atoms with van der Waals surface area (Å²) in [6.07, 6.45) is 3.26. The Kier molecular flexibility index (Phi) is 6.14. The lowest BCUT2D eigenvalue weighted by Crippen LogP contribution is -2.20. The summed E-state index contributed by atoms with van der Waals surface area (Å²) < 4.78 is 16.8. The van der Waals surface area contributed by atoms with Crippen LogP contribution in [0.3, 0.4) is 0 Å².